The zero-order valence-electron chi connectivity index (χ0n) is 4.18. The van der Waals surface area contributed by atoms with Crippen LogP contribution in [-0.4, -0.2) is 13.3 Å². The predicted molar refractivity (Wildman–Crippen MR) is 33.9 cm³/mol. The largest absolute Gasteiger partial charge is 0.362 e. The van der Waals surface area contributed by atoms with Crippen molar-refractivity contribution >= 4 is 9.39 Å². The number of nitrogens with one attached hydrogen (secondary N) is 1. The quantitative estimate of drug-likeness (QED) is 0.252. The van der Waals surface area contributed by atoms with E-state index < -0.39 is 0 Å². The van der Waals surface area contributed by atoms with E-state index >= 15 is 0 Å². The Balaban J connectivity index is 2.56. The van der Waals surface area contributed by atoms with Crippen LogP contribution in [0.25, 0.3) is 0 Å². The first-order valence-electron chi connectivity index (χ1n) is 2.04. The normalized spacial score (nSPS) is 8.71. The highest BCUT2D eigenvalue weighted by atomic mass is 31.0. The van der Waals surface area contributed by atoms with Gasteiger partial charge in [-0.15, -0.1) is 6.58 Å². The molecule has 3 heteroatoms. The van der Waals surface area contributed by atoms with Crippen molar-refractivity contribution in [3.05, 3.63) is 12.7 Å². The van der Waals surface area contributed by atoms with E-state index in [1.165, 1.54) is 0 Å². The third-order valence-corrected chi connectivity index (χ3v) is 0.588. The van der Waals surface area contributed by atoms with Gasteiger partial charge in [-0.2, -0.15) is 0 Å². The fourth-order valence-corrected chi connectivity index (χ4v) is 0.319. The highest BCUT2D eigenvalue weighted by Gasteiger charge is 1.72. The van der Waals surface area contributed by atoms with Gasteiger partial charge in [-0.1, -0.05) is 15.5 Å². The molecule has 0 saturated carbocycles. The minimum absolute atomic E-state index is 0.566. The van der Waals surface area contributed by atoms with Gasteiger partial charge in [0, 0.05) is 0 Å². The molecule has 0 amide bonds. The first-order valence-corrected chi connectivity index (χ1v) is 2.61. The molecule has 0 radical (unpaired) electrons. The molecule has 0 aromatic rings. The SMILES string of the molecule is C=CCOCNP. The van der Waals surface area contributed by atoms with Crippen molar-refractivity contribution in [1.29, 1.82) is 0 Å². The van der Waals surface area contributed by atoms with Gasteiger partial charge in [-0.25, -0.2) is 0 Å². The zero-order chi connectivity index (χ0) is 5.54. The summed E-state index contributed by atoms with van der Waals surface area (Å²) in [5.74, 6) is 0. The lowest BCUT2D eigenvalue weighted by atomic mass is 10.7. The molecule has 0 heterocycles. The topological polar surface area (TPSA) is 21.3 Å². The Morgan fingerprint density at radius 2 is 2.57 bits per heavy atom. The average Bonchev–Trinajstić information content (AvgIpc) is 1.69. The second kappa shape index (κ2) is 6.09. The fraction of sp³-hybridized carbons (Fsp3) is 0.500. The minimum Gasteiger partial charge on any atom is -0.362 e. The Kier molecular flexibility index (Phi) is 6.17. The van der Waals surface area contributed by atoms with Crippen molar-refractivity contribution < 1.29 is 4.74 Å². The van der Waals surface area contributed by atoms with Gasteiger partial charge in [0.2, 0.25) is 0 Å². The Morgan fingerprint density at radius 3 is 3.00 bits per heavy atom. The van der Waals surface area contributed by atoms with Crippen molar-refractivity contribution in [1.82, 2.24) is 5.09 Å². The van der Waals surface area contributed by atoms with Gasteiger partial charge in [0.1, 0.15) is 0 Å². The van der Waals surface area contributed by atoms with E-state index in [0.717, 1.165) is 0 Å². The lowest BCUT2D eigenvalue weighted by Gasteiger charge is -1.94. The molecule has 1 N–H and O–H groups in total. The third-order valence-electron chi connectivity index (χ3n) is 0.421. The van der Waals surface area contributed by atoms with Crippen LogP contribution in [-0.2, 0) is 4.74 Å². The molecule has 0 aromatic carbocycles. The first-order chi connectivity index (χ1) is 3.41. The molecule has 42 valence electrons. The minimum atomic E-state index is 0.566. The summed E-state index contributed by atoms with van der Waals surface area (Å²) in [5, 5.41) is 2.75. The van der Waals surface area contributed by atoms with Gasteiger partial charge in [0.15, 0.2) is 0 Å². The van der Waals surface area contributed by atoms with Gasteiger partial charge in [0.25, 0.3) is 0 Å². The first kappa shape index (κ1) is 7.09. The summed E-state index contributed by atoms with van der Waals surface area (Å²) in [6.07, 6.45) is 1.71. The van der Waals surface area contributed by atoms with Crippen LogP contribution in [0.4, 0.5) is 0 Å². The van der Waals surface area contributed by atoms with Crippen molar-refractivity contribution in [3.8, 4) is 0 Å². The second-order valence-corrected chi connectivity index (χ2v) is 1.42. The molecule has 0 fully saturated rings. The smallest absolute Gasteiger partial charge is 0.0998 e. The van der Waals surface area contributed by atoms with Crippen LogP contribution in [0.3, 0.4) is 0 Å². The van der Waals surface area contributed by atoms with E-state index in [1.54, 1.807) is 6.08 Å². The Bertz CT molecular complexity index is 49.0. The van der Waals surface area contributed by atoms with E-state index in [2.05, 4.69) is 21.1 Å². The maximum atomic E-state index is 4.88. The zero-order valence-corrected chi connectivity index (χ0v) is 5.34. The summed E-state index contributed by atoms with van der Waals surface area (Å²) < 4.78 is 4.88. The third kappa shape index (κ3) is 6.09. The molecule has 2 nitrogen and oxygen atoms in total. The van der Waals surface area contributed by atoms with E-state index in [-0.39, 0.29) is 0 Å². The summed E-state index contributed by atoms with van der Waals surface area (Å²) >= 11 is 0. The van der Waals surface area contributed by atoms with Gasteiger partial charge in [-0.05, 0) is 0 Å². The number of hydrogen-bond donors (Lipinski definition) is 1. The van der Waals surface area contributed by atoms with Gasteiger partial charge >= 0.3 is 0 Å². The molecule has 0 saturated heterocycles. The number of ether oxygens (including phenoxy) is 1. The van der Waals surface area contributed by atoms with E-state index in [4.69, 9.17) is 4.74 Å². The number of rotatable bonds is 4. The summed E-state index contributed by atoms with van der Waals surface area (Å²) in [7, 11) is 2.34. The second-order valence-electron chi connectivity index (χ2n) is 1.01. The predicted octanol–water partition coefficient (Wildman–Crippen LogP) is 0.526. The van der Waals surface area contributed by atoms with Crippen LogP contribution in [0.2, 0.25) is 0 Å². The molecule has 0 aliphatic carbocycles. The number of hydrogen-bond acceptors (Lipinski definition) is 2. The van der Waals surface area contributed by atoms with Crippen molar-refractivity contribution in [3.63, 3.8) is 0 Å². The molecule has 0 aromatic heterocycles. The lowest BCUT2D eigenvalue weighted by Crippen LogP contribution is -2.04. The van der Waals surface area contributed by atoms with Gasteiger partial charge < -0.3 is 4.74 Å². The molecular formula is C4H10NOP. The maximum absolute atomic E-state index is 4.88. The molecular weight excluding hydrogens is 109 g/mol. The highest BCUT2D eigenvalue weighted by molar-refractivity contribution is 7.13. The standard InChI is InChI=1S/C4H10NOP/c1-2-3-6-4-5-7/h2,5H,1,3-4,7H2. The molecule has 1 unspecified atom stereocenters. The summed E-state index contributed by atoms with van der Waals surface area (Å²) in [6.45, 7) is 4.65. The lowest BCUT2D eigenvalue weighted by molar-refractivity contribution is 0.161. The Labute approximate surface area is 46.2 Å². The van der Waals surface area contributed by atoms with E-state index in [1.807, 2.05) is 0 Å². The summed E-state index contributed by atoms with van der Waals surface area (Å²) in [5.41, 5.74) is 0. The highest BCUT2D eigenvalue weighted by Crippen LogP contribution is 1.72. The maximum Gasteiger partial charge on any atom is 0.0998 e. The van der Waals surface area contributed by atoms with E-state index in [0.29, 0.717) is 13.3 Å². The monoisotopic (exact) mass is 119 g/mol. The van der Waals surface area contributed by atoms with Crippen LogP contribution >= 0.6 is 9.39 Å². The van der Waals surface area contributed by atoms with Crippen LogP contribution < -0.4 is 5.09 Å². The summed E-state index contributed by atoms with van der Waals surface area (Å²) in [6, 6.07) is 0. The van der Waals surface area contributed by atoms with Crippen molar-refractivity contribution in [2.24, 2.45) is 0 Å². The average molecular weight is 119 g/mol. The molecule has 0 aliphatic rings. The molecule has 0 rings (SSSR count). The van der Waals surface area contributed by atoms with Crippen LogP contribution in [0.15, 0.2) is 12.7 Å². The van der Waals surface area contributed by atoms with Crippen LogP contribution in [0.5, 0.6) is 0 Å². The molecule has 0 aliphatic heterocycles. The van der Waals surface area contributed by atoms with Crippen LogP contribution in [0, 0.1) is 0 Å². The molecule has 7 heavy (non-hydrogen) atoms. The van der Waals surface area contributed by atoms with Gasteiger partial charge in [0.05, 0.1) is 13.3 Å². The van der Waals surface area contributed by atoms with Crippen LogP contribution in [0.1, 0.15) is 0 Å². The van der Waals surface area contributed by atoms with Crippen molar-refractivity contribution in [2.45, 2.75) is 0 Å². The molecule has 1 atom stereocenters. The molecule has 0 bridgehead atoms. The van der Waals surface area contributed by atoms with Gasteiger partial charge in [-0.3, -0.25) is 5.09 Å². The Hall–Kier alpha value is 0.0900. The fourth-order valence-electron chi connectivity index (χ4n) is 0.201. The van der Waals surface area contributed by atoms with E-state index in [9.17, 15) is 0 Å². The summed E-state index contributed by atoms with van der Waals surface area (Å²) in [4.78, 5) is 0. The molecule has 0 spiro atoms. The Morgan fingerprint density at radius 1 is 1.86 bits per heavy atom. The van der Waals surface area contributed by atoms with Crippen molar-refractivity contribution in [2.75, 3.05) is 13.3 Å².